The molecule has 6 nitrogen and oxygen atoms in total. The number of carbonyl (C=O) groups excluding carboxylic acids is 1. The van der Waals surface area contributed by atoms with E-state index in [9.17, 15) is 4.79 Å². The molecule has 152 valence electrons. The van der Waals surface area contributed by atoms with Gasteiger partial charge in [0, 0.05) is 12.1 Å². The van der Waals surface area contributed by atoms with Crippen LogP contribution in [0.1, 0.15) is 23.9 Å². The van der Waals surface area contributed by atoms with Gasteiger partial charge in [-0.15, -0.1) is 0 Å². The molecule has 29 heavy (non-hydrogen) atoms. The van der Waals surface area contributed by atoms with Gasteiger partial charge in [0.05, 0.1) is 30.9 Å². The van der Waals surface area contributed by atoms with E-state index in [1.807, 2.05) is 37.3 Å². The fraction of sp³-hybridized carbons (Fsp3) is 0.273. The van der Waals surface area contributed by atoms with Crippen molar-refractivity contribution >= 4 is 17.5 Å². The summed E-state index contributed by atoms with van der Waals surface area (Å²) in [6, 6.07) is 13.1. The Hall–Kier alpha value is -2.99. The zero-order valence-corrected chi connectivity index (χ0v) is 17.4. The summed E-state index contributed by atoms with van der Waals surface area (Å²) >= 11 is 6.28. The first-order valence-corrected chi connectivity index (χ1v) is 9.67. The summed E-state index contributed by atoms with van der Waals surface area (Å²) < 4.78 is 16.6. The lowest BCUT2D eigenvalue weighted by Gasteiger charge is -2.13. The summed E-state index contributed by atoms with van der Waals surface area (Å²) in [4.78, 5) is 16.9. The molecule has 0 unspecified atom stereocenters. The minimum atomic E-state index is -0.162. The molecule has 0 bridgehead atoms. The molecule has 3 aromatic rings. The van der Waals surface area contributed by atoms with E-state index in [1.54, 1.807) is 26.2 Å². The average Bonchev–Trinajstić information content (AvgIpc) is 3.09. The van der Waals surface area contributed by atoms with Gasteiger partial charge < -0.3 is 19.2 Å². The number of oxazole rings is 1. The van der Waals surface area contributed by atoms with Gasteiger partial charge in [-0.05, 0) is 43.7 Å². The number of aromatic nitrogens is 1. The molecule has 0 saturated carbocycles. The van der Waals surface area contributed by atoms with Crippen molar-refractivity contribution in [2.45, 2.75) is 26.8 Å². The molecule has 3 rings (SSSR count). The van der Waals surface area contributed by atoms with Crippen molar-refractivity contribution in [3.8, 4) is 23.0 Å². The zero-order valence-electron chi connectivity index (χ0n) is 16.6. The van der Waals surface area contributed by atoms with Gasteiger partial charge in [0.1, 0.15) is 5.76 Å². The fourth-order valence-electron chi connectivity index (χ4n) is 2.87. The van der Waals surface area contributed by atoms with E-state index < -0.39 is 0 Å². The van der Waals surface area contributed by atoms with Crippen molar-refractivity contribution < 1.29 is 18.7 Å². The Kier molecular flexibility index (Phi) is 6.77. The molecule has 0 aliphatic carbocycles. The molecule has 1 N–H and O–H groups in total. The summed E-state index contributed by atoms with van der Waals surface area (Å²) in [5, 5.41) is 3.32. The number of methoxy groups -OCH3 is 1. The SMILES string of the molecule is CCOc1c(Cl)cc(CNC(=O)Cc2nc(-c3ccccc3)oc2C)cc1OC. The van der Waals surface area contributed by atoms with Crippen LogP contribution in [0.2, 0.25) is 5.02 Å². The van der Waals surface area contributed by atoms with E-state index in [0.29, 0.717) is 47.0 Å². The second kappa shape index (κ2) is 9.47. The van der Waals surface area contributed by atoms with Gasteiger partial charge >= 0.3 is 0 Å². The highest BCUT2D eigenvalue weighted by Crippen LogP contribution is 2.36. The lowest BCUT2D eigenvalue weighted by atomic mass is 10.2. The smallest absolute Gasteiger partial charge is 0.226 e. The number of hydrogen-bond donors (Lipinski definition) is 1. The predicted molar refractivity (Wildman–Crippen MR) is 111 cm³/mol. The number of rotatable bonds is 8. The largest absolute Gasteiger partial charge is 0.493 e. The summed E-state index contributed by atoms with van der Waals surface area (Å²) in [5.74, 6) is 2.01. The third-order valence-corrected chi connectivity index (χ3v) is 4.59. The van der Waals surface area contributed by atoms with Crippen molar-refractivity contribution in [3.05, 3.63) is 64.5 Å². The summed E-state index contributed by atoms with van der Waals surface area (Å²) in [7, 11) is 1.55. The van der Waals surface area contributed by atoms with Gasteiger partial charge in [0.15, 0.2) is 11.5 Å². The van der Waals surface area contributed by atoms with E-state index in [1.165, 1.54) is 0 Å². The highest BCUT2D eigenvalue weighted by Gasteiger charge is 2.16. The van der Waals surface area contributed by atoms with Crippen molar-refractivity contribution in [3.63, 3.8) is 0 Å². The Morgan fingerprint density at radius 3 is 2.69 bits per heavy atom. The van der Waals surface area contributed by atoms with Crippen molar-refractivity contribution in [2.24, 2.45) is 0 Å². The Morgan fingerprint density at radius 2 is 2.00 bits per heavy atom. The Bertz CT molecular complexity index is 986. The van der Waals surface area contributed by atoms with Crippen molar-refractivity contribution in [1.29, 1.82) is 0 Å². The molecular formula is C22H23ClN2O4. The van der Waals surface area contributed by atoms with Crippen molar-refractivity contribution in [1.82, 2.24) is 10.3 Å². The second-order valence-corrected chi connectivity index (χ2v) is 6.79. The molecule has 0 aliphatic heterocycles. The van der Waals surface area contributed by atoms with Gasteiger partial charge in [-0.2, -0.15) is 0 Å². The van der Waals surface area contributed by atoms with Gasteiger partial charge in [-0.3, -0.25) is 4.79 Å². The summed E-state index contributed by atoms with van der Waals surface area (Å²) in [6.45, 7) is 4.47. The van der Waals surface area contributed by atoms with Crippen LogP contribution in [0.5, 0.6) is 11.5 Å². The Balaban J connectivity index is 1.65. The summed E-state index contributed by atoms with van der Waals surface area (Å²) in [5.41, 5.74) is 2.30. The molecule has 2 aromatic carbocycles. The average molecular weight is 415 g/mol. The van der Waals surface area contributed by atoms with Crippen LogP contribution in [-0.2, 0) is 17.8 Å². The lowest BCUT2D eigenvalue weighted by Crippen LogP contribution is -2.25. The maximum atomic E-state index is 12.4. The number of amides is 1. The first kappa shape index (κ1) is 20.7. The van der Waals surface area contributed by atoms with Gasteiger partial charge in [-0.1, -0.05) is 29.8 Å². The predicted octanol–water partition coefficient (Wildman–Crippen LogP) is 4.57. The molecule has 0 saturated heterocycles. The fourth-order valence-corrected chi connectivity index (χ4v) is 3.16. The number of carbonyl (C=O) groups is 1. The van der Waals surface area contributed by atoms with E-state index in [0.717, 1.165) is 11.1 Å². The monoisotopic (exact) mass is 414 g/mol. The van der Waals surface area contributed by atoms with Crippen LogP contribution in [0.15, 0.2) is 46.9 Å². The van der Waals surface area contributed by atoms with Gasteiger partial charge in [0.2, 0.25) is 11.8 Å². The first-order valence-electron chi connectivity index (χ1n) is 9.29. The van der Waals surface area contributed by atoms with E-state index in [2.05, 4.69) is 10.3 Å². The molecule has 1 heterocycles. The van der Waals surface area contributed by atoms with E-state index in [-0.39, 0.29) is 12.3 Å². The molecule has 0 aliphatic rings. The van der Waals surface area contributed by atoms with E-state index >= 15 is 0 Å². The van der Waals surface area contributed by atoms with Crippen LogP contribution in [0, 0.1) is 6.92 Å². The molecular weight excluding hydrogens is 392 g/mol. The summed E-state index contributed by atoms with van der Waals surface area (Å²) in [6.07, 6.45) is 0.129. The maximum Gasteiger partial charge on any atom is 0.226 e. The molecule has 0 fully saturated rings. The molecule has 0 radical (unpaired) electrons. The number of hydrogen-bond acceptors (Lipinski definition) is 5. The third kappa shape index (κ3) is 5.09. The normalized spacial score (nSPS) is 10.6. The third-order valence-electron chi connectivity index (χ3n) is 4.31. The Labute approximate surface area is 174 Å². The van der Waals surface area contributed by atoms with Crippen LogP contribution >= 0.6 is 11.6 Å². The van der Waals surface area contributed by atoms with E-state index in [4.69, 9.17) is 25.5 Å². The molecule has 7 heteroatoms. The second-order valence-electron chi connectivity index (χ2n) is 6.38. The number of halogens is 1. The number of nitrogens with one attached hydrogen (secondary N) is 1. The van der Waals surface area contributed by atoms with Gasteiger partial charge in [0.25, 0.3) is 0 Å². The first-order chi connectivity index (χ1) is 14.0. The molecule has 0 atom stereocenters. The number of ether oxygens (including phenoxy) is 2. The maximum absolute atomic E-state index is 12.4. The lowest BCUT2D eigenvalue weighted by molar-refractivity contribution is -0.120. The van der Waals surface area contributed by atoms with Gasteiger partial charge in [-0.25, -0.2) is 4.98 Å². The van der Waals surface area contributed by atoms with Crippen LogP contribution < -0.4 is 14.8 Å². The topological polar surface area (TPSA) is 73.6 Å². The minimum absolute atomic E-state index is 0.129. The Morgan fingerprint density at radius 1 is 1.24 bits per heavy atom. The highest BCUT2D eigenvalue weighted by atomic mass is 35.5. The molecule has 0 spiro atoms. The zero-order chi connectivity index (χ0) is 20.8. The number of aryl methyl sites for hydroxylation is 1. The number of benzene rings is 2. The van der Waals surface area contributed by atoms with Crippen LogP contribution in [0.3, 0.4) is 0 Å². The van der Waals surface area contributed by atoms with Crippen molar-refractivity contribution in [2.75, 3.05) is 13.7 Å². The quantitative estimate of drug-likeness (QED) is 0.584. The number of nitrogens with zero attached hydrogens (tertiary/aromatic N) is 1. The van der Waals surface area contributed by atoms with Crippen LogP contribution in [0.4, 0.5) is 0 Å². The van der Waals surface area contributed by atoms with Crippen LogP contribution in [-0.4, -0.2) is 24.6 Å². The standard InChI is InChI=1S/C22H23ClN2O4/c1-4-28-21-17(23)10-15(11-19(21)27-3)13-24-20(26)12-18-14(2)29-22(25-18)16-8-6-5-7-9-16/h5-11H,4,12-13H2,1-3H3,(H,24,26). The molecule has 1 amide bonds. The minimum Gasteiger partial charge on any atom is -0.493 e. The molecule has 1 aromatic heterocycles. The highest BCUT2D eigenvalue weighted by molar-refractivity contribution is 6.32. The van der Waals surface area contributed by atoms with Crippen LogP contribution in [0.25, 0.3) is 11.5 Å².